The molecule has 0 saturated carbocycles. The Labute approximate surface area is 179 Å². The minimum Gasteiger partial charge on any atom is -0.292 e. The molecule has 0 bridgehead atoms. The van der Waals surface area contributed by atoms with E-state index in [1.54, 1.807) is 23.3 Å². The van der Waals surface area contributed by atoms with Gasteiger partial charge in [-0.3, -0.25) is 4.31 Å². The van der Waals surface area contributed by atoms with Gasteiger partial charge in [-0.15, -0.1) is 11.3 Å². The number of benzene rings is 2. The molecule has 0 spiro atoms. The zero-order valence-corrected chi connectivity index (χ0v) is 18.0. The minimum absolute atomic E-state index is 0.221. The van der Waals surface area contributed by atoms with Crippen LogP contribution in [0.3, 0.4) is 0 Å². The van der Waals surface area contributed by atoms with Gasteiger partial charge in [0.05, 0.1) is 17.7 Å². The third-order valence-electron chi connectivity index (χ3n) is 5.30. The Bertz CT molecular complexity index is 1120. The second kappa shape index (κ2) is 7.65. The maximum atomic E-state index is 5.02. The van der Waals surface area contributed by atoms with Gasteiger partial charge in [-0.1, -0.05) is 54.1 Å². The Kier molecular flexibility index (Phi) is 4.86. The molecule has 0 aliphatic carbocycles. The Balaban J connectivity index is 1.50. The number of rotatable bonds is 4. The zero-order valence-electron chi connectivity index (χ0n) is 16.3. The highest BCUT2D eigenvalue weighted by Gasteiger charge is 2.40. The highest BCUT2D eigenvalue weighted by molar-refractivity contribution is 8.00. The van der Waals surface area contributed by atoms with Crippen molar-refractivity contribution in [2.45, 2.75) is 30.7 Å². The summed E-state index contributed by atoms with van der Waals surface area (Å²) in [6.45, 7) is 4.39. The molecule has 5 heteroatoms. The first-order chi connectivity index (χ1) is 14.2. The smallest absolute Gasteiger partial charge is 0.142 e. The van der Waals surface area contributed by atoms with Gasteiger partial charge < -0.3 is 0 Å². The number of aryl methyl sites for hydroxylation is 1. The molecular formula is C24H21N3S2. The molecule has 0 N–H and O–H groups in total. The third-order valence-corrected chi connectivity index (χ3v) is 7.41. The Morgan fingerprint density at radius 2 is 1.76 bits per heavy atom. The number of aromatic nitrogens is 2. The van der Waals surface area contributed by atoms with Crippen molar-refractivity contribution in [3.05, 3.63) is 94.4 Å². The van der Waals surface area contributed by atoms with Crippen molar-refractivity contribution in [2.75, 3.05) is 4.31 Å². The molecule has 0 fully saturated rings. The summed E-state index contributed by atoms with van der Waals surface area (Å²) in [5, 5.41) is 3.32. The lowest BCUT2D eigenvalue weighted by atomic mass is 9.98. The van der Waals surface area contributed by atoms with Crippen LogP contribution >= 0.6 is 23.3 Å². The van der Waals surface area contributed by atoms with Crippen LogP contribution in [0.25, 0.3) is 11.3 Å². The van der Waals surface area contributed by atoms with Gasteiger partial charge in [0.2, 0.25) is 0 Å². The number of thiazole rings is 1. The number of nitrogens with zero attached hydrogens (tertiary/aromatic N) is 3. The molecule has 29 heavy (non-hydrogen) atoms. The molecule has 1 aliphatic heterocycles. The van der Waals surface area contributed by atoms with Gasteiger partial charge in [-0.05, 0) is 44.0 Å². The van der Waals surface area contributed by atoms with Crippen LogP contribution in [0, 0.1) is 6.92 Å². The van der Waals surface area contributed by atoms with E-state index in [0.29, 0.717) is 0 Å². The summed E-state index contributed by atoms with van der Waals surface area (Å²) in [4.78, 5) is 11.0. The molecule has 3 nitrogen and oxygen atoms in total. The van der Waals surface area contributed by atoms with Crippen LogP contribution in [-0.4, -0.2) is 16.0 Å². The Morgan fingerprint density at radius 1 is 0.966 bits per heavy atom. The number of hydrogen-bond donors (Lipinski definition) is 0. The van der Waals surface area contributed by atoms with Gasteiger partial charge in [-0.2, -0.15) is 0 Å². The monoisotopic (exact) mass is 415 g/mol. The lowest BCUT2D eigenvalue weighted by Crippen LogP contribution is -2.26. The fourth-order valence-electron chi connectivity index (χ4n) is 3.77. The van der Waals surface area contributed by atoms with Crippen molar-refractivity contribution >= 4 is 29.1 Å². The number of fused-ring (bicyclic) bond motifs is 1. The number of pyridine rings is 1. The van der Waals surface area contributed by atoms with E-state index in [2.05, 4.69) is 78.1 Å². The van der Waals surface area contributed by atoms with Crippen molar-refractivity contribution in [3.63, 3.8) is 0 Å². The van der Waals surface area contributed by atoms with Crippen LogP contribution in [0.5, 0.6) is 0 Å². The molecule has 4 aromatic rings. The van der Waals surface area contributed by atoms with Crippen LogP contribution in [-0.2, 0) is 0 Å². The predicted octanol–water partition coefficient (Wildman–Crippen LogP) is 6.56. The normalized spacial score (nSPS) is 18.1. The first kappa shape index (κ1) is 18.4. The highest BCUT2D eigenvalue weighted by Crippen LogP contribution is 2.48. The molecule has 0 amide bonds. The van der Waals surface area contributed by atoms with Crippen molar-refractivity contribution < 1.29 is 0 Å². The van der Waals surface area contributed by atoms with Gasteiger partial charge in [0.15, 0.2) is 0 Å². The molecule has 1 aliphatic rings. The molecular weight excluding hydrogens is 394 g/mol. The standard InChI is InChI=1S/C24H21N3S2/c1-16-10-12-19(13-11-16)29-27-17(2)22(20-9-6-14-25-23(20)27)24-26-21(15-28-24)18-7-4-3-5-8-18/h3-15,17,22H,1-2H3. The molecule has 2 aromatic heterocycles. The first-order valence-corrected chi connectivity index (χ1v) is 11.4. The van der Waals surface area contributed by atoms with Gasteiger partial charge >= 0.3 is 0 Å². The maximum absolute atomic E-state index is 5.02. The number of hydrogen-bond acceptors (Lipinski definition) is 5. The van der Waals surface area contributed by atoms with Gasteiger partial charge in [0.25, 0.3) is 0 Å². The molecule has 5 rings (SSSR count). The quantitative estimate of drug-likeness (QED) is 0.353. The Hall–Kier alpha value is -2.63. The predicted molar refractivity (Wildman–Crippen MR) is 123 cm³/mol. The van der Waals surface area contributed by atoms with Crippen molar-refractivity contribution in [2.24, 2.45) is 0 Å². The summed E-state index contributed by atoms with van der Waals surface area (Å²) in [6.07, 6.45) is 1.88. The SMILES string of the molecule is Cc1ccc(SN2c3ncccc3C(c3nc(-c4ccccc4)cs3)C2C)cc1. The third kappa shape index (κ3) is 3.45. The Morgan fingerprint density at radius 3 is 2.55 bits per heavy atom. The summed E-state index contributed by atoms with van der Waals surface area (Å²) in [5.74, 6) is 1.27. The summed E-state index contributed by atoms with van der Waals surface area (Å²) in [6, 6.07) is 23.6. The first-order valence-electron chi connectivity index (χ1n) is 9.70. The van der Waals surface area contributed by atoms with E-state index in [-0.39, 0.29) is 12.0 Å². The average molecular weight is 416 g/mol. The van der Waals surface area contributed by atoms with E-state index in [1.807, 2.05) is 18.3 Å². The molecule has 0 saturated heterocycles. The molecule has 0 radical (unpaired) electrons. The topological polar surface area (TPSA) is 29.0 Å². The molecule has 2 atom stereocenters. The molecule has 3 heterocycles. The summed E-state index contributed by atoms with van der Waals surface area (Å²) in [7, 11) is 0. The zero-order chi connectivity index (χ0) is 19.8. The molecule has 144 valence electrons. The molecule has 2 aromatic carbocycles. The fraction of sp³-hybridized carbons (Fsp3) is 0.167. The molecule has 2 unspecified atom stereocenters. The van der Waals surface area contributed by atoms with Gasteiger partial charge in [0, 0.05) is 27.6 Å². The second-order valence-corrected chi connectivity index (χ2v) is 9.24. The van der Waals surface area contributed by atoms with Crippen LogP contribution < -0.4 is 4.31 Å². The fourth-order valence-corrected chi connectivity index (χ4v) is 5.83. The van der Waals surface area contributed by atoms with Crippen LogP contribution in [0.2, 0.25) is 0 Å². The van der Waals surface area contributed by atoms with E-state index in [0.717, 1.165) is 22.1 Å². The lowest BCUT2D eigenvalue weighted by Gasteiger charge is -2.24. The highest BCUT2D eigenvalue weighted by atomic mass is 32.2. The number of anilines is 1. The average Bonchev–Trinajstić information content (AvgIpc) is 3.34. The van der Waals surface area contributed by atoms with Crippen molar-refractivity contribution in [3.8, 4) is 11.3 Å². The van der Waals surface area contributed by atoms with E-state index in [4.69, 9.17) is 9.97 Å². The summed E-state index contributed by atoms with van der Waals surface area (Å²) < 4.78 is 2.34. The van der Waals surface area contributed by atoms with E-state index >= 15 is 0 Å². The largest absolute Gasteiger partial charge is 0.292 e. The summed E-state index contributed by atoms with van der Waals surface area (Å²) in [5.41, 5.74) is 4.75. The van der Waals surface area contributed by atoms with E-state index < -0.39 is 0 Å². The van der Waals surface area contributed by atoms with Crippen LogP contribution in [0.15, 0.2) is 83.2 Å². The van der Waals surface area contributed by atoms with E-state index in [9.17, 15) is 0 Å². The van der Waals surface area contributed by atoms with Crippen LogP contribution in [0.4, 0.5) is 5.82 Å². The van der Waals surface area contributed by atoms with E-state index in [1.165, 1.54) is 16.0 Å². The van der Waals surface area contributed by atoms with Gasteiger partial charge in [0.1, 0.15) is 10.8 Å². The minimum atomic E-state index is 0.221. The van der Waals surface area contributed by atoms with Crippen molar-refractivity contribution in [1.82, 2.24) is 9.97 Å². The second-order valence-electron chi connectivity index (χ2n) is 7.30. The van der Waals surface area contributed by atoms with Gasteiger partial charge in [-0.25, -0.2) is 9.97 Å². The lowest BCUT2D eigenvalue weighted by molar-refractivity contribution is 0.692. The van der Waals surface area contributed by atoms with Crippen molar-refractivity contribution in [1.29, 1.82) is 0 Å². The maximum Gasteiger partial charge on any atom is 0.142 e. The van der Waals surface area contributed by atoms with Crippen LogP contribution in [0.1, 0.15) is 29.0 Å². The summed E-state index contributed by atoms with van der Waals surface area (Å²) >= 11 is 3.50.